The number of anilines is 1. The van der Waals surface area contributed by atoms with Gasteiger partial charge in [-0.3, -0.25) is 10.1 Å². The molecule has 1 aromatic carbocycles. The van der Waals surface area contributed by atoms with Crippen LogP contribution in [0.4, 0.5) is 10.5 Å². The van der Waals surface area contributed by atoms with Crippen molar-refractivity contribution in [2.24, 2.45) is 0 Å². The standard InChI is InChI=1S/C17H23N5O2/c1-21-14-10-12(11-4-7-18-8-5-11)2-3-13(14)16(20-21)22-9-6-15(23)19-17(22)24/h2-3,10-11,16,18,20H,4-9H2,1H3,(H,19,23,24). The lowest BCUT2D eigenvalue weighted by atomic mass is 9.89. The van der Waals surface area contributed by atoms with Gasteiger partial charge >= 0.3 is 6.03 Å². The highest BCUT2D eigenvalue weighted by atomic mass is 16.2. The highest BCUT2D eigenvalue weighted by Gasteiger charge is 2.36. The number of nitrogens with one attached hydrogen (secondary N) is 3. The van der Waals surface area contributed by atoms with Crippen molar-refractivity contribution >= 4 is 17.6 Å². The Morgan fingerprint density at radius 3 is 2.71 bits per heavy atom. The molecular weight excluding hydrogens is 306 g/mol. The smallest absolute Gasteiger partial charge is 0.317 e. The number of carbonyl (C=O) groups is 2. The van der Waals surface area contributed by atoms with Crippen LogP contribution in [-0.2, 0) is 4.79 Å². The van der Waals surface area contributed by atoms with Crippen LogP contribution in [0.1, 0.15) is 42.5 Å². The molecule has 0 aromatic heterocycles. The Kier molecular flexibility index (Phi) is 3.90. The Morgan fingerprint density at radius 2 is 1.96 bits per heavy atom. The van der Waals surface area contributed by atoms with Gasteiger partial charge in [-0.15, -0.1) is 0 Å². The Balaban J connectivity index is 1.60. The first-order chi connectivity index (χ1) is 11.6. The van der Waals surface area contributed by atoms with E-state index in [9.17, 15) is 9.59 Å². The topological polar surface area (TPSA) is 76.7 Å². The predicted octanol–water partition coefficient (Wildman–Crippen LogP) is 1.05. The number of hydrogen-bond acceptors (Lipinski definition) is 5. The van der Waals surface area contributed by atoms with Gasteiger partial charge in [0.2, 0.25) is 5.91 Å². The first-order valence-corrected chi connectivity index (χ1v) is 8.58. The molecule has 2 fully saturated rings. The Labute approximate surface area is 141 Å². The van der Waals surface area contributed by atoms with Crippen molar-refractivity contribution in [2.75, 3.05) is 31.7 Å². The van der Waals surface area contributed by atoms with Crippen molar-refractivity contribution in [1.82, 2.24) is 21.0 Å². The first-order valence-electron chi connectivity index (χ1n) is 8.58. The Hall–Kier alpha value is -2.12. The van der Waals surface area contributed by atoms with E-state index in [2.05, 4.69) is 34.3 Å². The number of fused-ring (bicyclic) bond motifs is 1. The van der Waals surface area contributed by atoms with E-state index in [1.807, 2.05) is 12.1 Å². The lowest BCUT2D eigenvalue weighted by molar-refractivity contribution is -0.121. The van der Waals surface area contributed by atoms with Crippen LogP contribution in [0.3, 0.4) is 0 Å². The summed E-state index contributed by atoms with van der Waals surface area (Å²) in [7, 11) is 1.97. The van der Waals surface area contributed by atoms with E-state index in [0.717, 1.165) is 37.2 Å². The summed E-state index contributed by atoms with van der Waals surface area (Å²) >= 11 is 0. The second kappa shape index (κ2) is 6.07. The molecule has 24 heavy (non-hydrogen) atoms. The molecule has 4 rings (SSSR count). The molecule has 0 aliphatic carbocycles. The quantitative estimate of drug-likeness (QED) is 0.756. The number of piperidine rings is 1. The van der Waals surface area contributed by atoms with Crippen molar-refractivity contribution in [2.45, 2.75) is 31.3 Å². The number of amides is 3. The molecule has 1 atom stereocenters. The number of hydrogen-bond donors (Lipinski definition) is 3. The number of benzene rings is 1. The van der Waals surface area contributed by atoms with Crippen molar-refractivity contribution in [3.05, 3.63) is 29.3 Å². The number of nitrogens with zero attached hydrogens (tertiary/aromatic N) is 2. The lowest BCUT2D eigenvalue weighted by Gasteiger charge is -2.32. The minimum atomic E-state index is -0.326. The summed E-state index contributed by atoms with van der Waals surface area (Å²) in [6.45, 7) is 2.58. The van der Waals surface area contributed by atoms with Crippen molar-refractivity contribution in [3.63, 3.8) is 0 Å². The van der Waals surface area contributed by atoms with E-state index in [0.29, 0.717) is 18.9 Å². The molecule has 0 saturated carbocycles. The van der Waals surface area contributed by atoms with E-state index >= 15 is 0 Å². The molecule has 3 aliphatic rings. The minimum Gasteiger partial charge on any atom is -0.317 e. The molecule has 128 valence electrons. The first kappa shape index (κ1) is 15.4. The van der Waals surface area contributed by atoms with Crippen LogP contribution in [-0.4, -0.2) is 43.5 Å². The SMILES string of the molecule is CN1NC(N2CCC(=O)NC2=O)c2ccc(C3CCNCC3)cc21. The third-order valence-electron chi connectivity index (χ3n) is 5.24. The number of urea groups is 1. The maximum Gasteiger partial charge on any atom is 0.325 e. The average molecular weight is 329 g/mol. The monoisotopic (exact) mass is 329 g/mol. The van der Waals surface area contributed by atoms with Crippen LogP contribution in [0.15, 0.2) is 18.2 Å². The zero-order valence-corrected chi connectivity index (χ0v) is 13.8. The second-order valence-corrected chi connectivity index (χ2v) is 6.73. The summed E-state index contributed by atoms with van der Waals surface area (Å²) in [6.07, 6.45) is 2.45. The normalized spacial score (nSPS) is 25.0. The summed E-state index contributed by atoms with van der Waals surface area (Å²) in [5, 5.41) is 7.78. The minimum absolute atomic E-state index is 0.205. The van der Waals surface area contributed by atoms with Crippen LogP contribution in [0, 0.1) is 0 Å². The molecule has 0 bridgehead atoms. The fourth-order valence-electron chi connectivity index (χ4n) is 3.88. The maximum absolute atomic E-state index is 12.2. The van der Waals surface area contributed by atoms with Gasteiger partial charge in [0.05, 0.1) is 5.69 Å². The third-order valence-corrected chi connectivity index (χ3v) is 5.24. The van der Waals surface area contributed by atoms with E-state index in [1.165, 1.54) is 5.56 Å². The molecule has 3 amide bonds. The number of carbonyl (C=O) groups excluding carboxylic acids is 2. The average Bonchev–Trinajstić information content (AvgIpc) is 2.92. The van der Waals surface area contributed by atoms with Crippen LogP contribution in [0.25, 0.3) is 0 Å². The third kappa shape index (κ3) is 2.63. The largest absolute Gasteiger partial charge is 0.325 e. The van der Waals surface area contributed by atoms with Crippen LogP contribution in [0.2, 0.25) is 0 Å². The van der Waals surface area contributed by atoms with E-state index in [-0.39, 0.29) is 18.1 Å². The van der Waals surface area contributed by atoms with Crippen LogP contribution >= 0.6 is 0 Å². The van der Waals surface area contributed by atoms with E-state index < -0.39 is 0 Å². The van der Waals surface area contributed by atoms with Gasteiger partial charge in [0.25, 0.3) is 0 Å². The Morgan fingerprint density at radius 1 is 1.17 bits per heavy atom. The number of hydrazine groups is 1. The van der Waals surface area contributed by atoms with Crippen molar-refractivity contribution in [3.8, 4) is 0 Å². The van der Waals surface area contributed by atoms with Gasteiger partial charge in [0.15, 0.2) is 0 Å². The maximum atomic E-state index is 12.2. The van der Waals surface area contributed by atoms with Crippen molar-refractivity contribution in [1.29, 1.82) is 0 Å². The van der Waals surface area contributed by atoms with E-state index in [1.54, 1.807) is 4.90 Å². The molecule has 3 heterocycles. The molecule has 1 aromatic rings. The Bertz CT molecular complexity index is 671. The summed E-state index contributed by atoms with van der Waals surface area (Å²) < 4.78 is 0. The molecule has 1 unspecified atom stereocenters. The second-order valence-electron chi connectivity index (χ2n) is 6.73. The van der Waals surface area contributed by atoms with Gasteiger partial charge in [0.1, 0.15) is 6.17 Å². The summed E-state index contributed by atoms with van der Waals surface area (Å²) in [4.78, 5) is 25.2. The molecule has 3 aliphatic heterocycles. The zero-order valence-electron chi connectivity index (χ0n) is 13.8. The van der Waals surface area contributed by atoms with Crippen molar-refractivity contribution < 1.29 is 9.59 Å². The predicted molar refractivity (Wildman–Crippen MR) is 90.4 cm³/mol. The number of rotatable bonds is 2. The highest BCUT2D eigenvalue weighted by molar-refractivity contribution is 5.97. The molecule has 7 heteroatoms. The van der Waals surface area contributed by atoms with Gasteiger partial charge in [-0.1, -0.05) is 12.1 Å². The molecule has 7 nitrogen and oxygen atoms in total. The van der Waals surface area contributed by atoms with Gasteiger partial charge in [-0.05, 0) is 43.5 Å². The van der Waals surface area contributed by atoms with Crippen LogP contribution in [0.5, 0.6) is 0 Å². The van der Waals surface area contributed by atoms with Gasteiger partial charge in [-0.2, -0.15) is 0 Å². The summed E-state index contributed by atoms with van der Waals surface area (Å²) in [5.74, 6) is 0.393. The van der Waals surface area contributed by atoms with Gasteiger partial charge in [0, 0.05) is 25.6 Å². The van der Waals surface area contributed by atoms with Crippen LogP contribution < -0.4 is 21.1 Å². The lowest BCUT2D eigenvalue weighted by Crippen LogP contribution is -2.53. The fraction of sp³-hybridized carbons (Fsp3) is 0.529. The molecule has 2 saturated heterocycles. The molecular formula is C17H23N5O2. The molecule has 0 radical (unpaired) electrons. The van der Waals surface area contributed by atoms with Gasteiger partial charge < -0.3 is 15.2 Å². The zero-order chi connectivity index (χ0) is 16.7. The molecule has 3 N–H and O–H groups in total. The number of imide groups is 1. The van der Waals surface area contributed by atoms with Gasteiger partial charge in [-0.25, -0.2) is 10.2 Å². The molecule has 0 spiro atoms. The summed E-state index contributed by atoms with van der Waals surface area (Å²) in [6, 6.07) is 6.23. The fourth-order valence-corrected chi connectivity index (χ4v) is 3.88. The highest BCUT2D eigenvalue weighted by Crippen LogP contribution is 2.38. The summed E-state index contributed by atoms with van der Waals surface area (Å²) in [5.41, 5.74) is 6.90. The van der Waals surface area contributed by atoms with E-state index in [4.69, 9.17) is 0 Å².